The summed E-state index contributed by atoms with van der Waals surface area (Å²) in [4.78, 5) is 2.36. The highest BCUT2D eigenvalue weighted by molar-refractivity contribution is 4.80. The van der Waals surface area contributed by atoms with E-state index in [2.05, 4.69) is 4.90 Å². The van der Waals surface area contributed by atoms with Gasteiger partial charge in [0.2, 0.25) is 0 Å². The molecule has 2 atom stereocenters. The zero-order chi connectivity index (χ0) is 8.39. The quantitative estimate of drug-likeness (QED) is 0.583. The number of ether oxygens (including phenoxy) is 2. The van der Waals surface area contributed by atoms with Gasteiger partial charge in [-0.1, -0.05) is 0 Å². The second kappa shape index (κ2) is 3.70. The van der Waals surface area contributed by atoms with Crippen LogP contribution in [0.3, 0.4) is 0 Å². The maximum Gasteiger partial charge on any atom is 0.0940 e. The molecule has 2 aliphatic heterocycles. The minimum atomic E-state index is 0.282. The lowest BCUT2D eigenvalue weighted by molar-refractivity contribution is -0.178. The van der Waals surface area contributed by atoms with Gasteiger partial charge in [-0.2, -0.15) is 0 Å². The van der Waals surface area contributed by atoms with Gasteiger partial charge in [0.05, 0.1) is 25.4 Å². The lowest BCUT2D eigenvalue weighted by Crippen LogP contribution is -2.54. The van der Waals surface area contributed by atoms with Crippen molar-refractivity contribution in [2.75, 3.05) is 39.4 Å². The summed E-state index contributed by atoms with van der Waals surface area (Å²) in [7, 11) is 0. The summed E-state index contributed by atoms with van der Waals surface area (Å²) in [6.07, 6.45) is 0.563. The highest BCUT2D eigenvalue weighted by atomic mass is 16.6. The summed E-state index contributed by atoms with van der Waals surface area (Å²) in [6.45, 7) is 5.17. The average Bonchev–Trinajstić information content (AvgIpc) is 2.04. The van der Waals surface area contributed by atoms with Crippen molar-refractivity contribution in [3.8, 4) is 0 Å². The van der Waals surface area contributed by atoms with Gasteiger partial charge in [0.15, 0.2) is 0 Å². The Balaban J connectivity index is 1.87. The van der Waals surface area contributed by atoms with E-state index in [9.17, 15) is 0 Å². The second-order valence-electron chi connectivity index (χ2n) is 3.47. The van der Waals surface area contributed by atoms with E-state index in [1.165, 1.54) is 0 Å². The highest BCUT2D eigenvalue weighted by Gasteiger charge is 2.31. The van der Waals surface area contributed by atoms with Crippen molar-refractivity contribution in [3.63, 3.8) is 0 Å². The molecule has 2 bridgehead atoms. The van der Waals surface area contributed by atoms with Gasteiger partial charge in [-0.25, -0.2) is 0 Å². The molecular weight excluding hydrogens is 156 g/mol. The minimum Gasteiger partial charge on any atom is -0.376 e. The van der Waals surface area contributed by atoms with Crippen LogP contribution in [-0.2, 0) is 9.47 Å². The fraction of sp³-hybridized carbons (Fsp3) is 1.00. The normalized spacial score (nSPS) is 36.8. The van der Waals surface area contributed by atoms with Crippen molar-refractivity contribution in [2.45, 2.75) is 12.2 Å². The number of hydrogen-bond acceptors (Lipinski definition) is 4. The molecule has 0 radical (unpaired) electrons. The Morgan fingerprint density at radius 2 is 1.92 bits per heavy atom. The Hall–Kier alpha value is -0.160. The maximum absolute atomic E-state index is 5.69. The van der Waals surface area contributed by atoms with Crippen LogP contribution in [0.1, 0.15) is 0 Å². The molecule has 0 aliphatic carbocycles. The van der Waals surface area contributed by atoms with Gasteiger partial charge in [-0.05, 0) is 0 Å². The van der Waals surface area contributed by atoms with E-state index in [-0.39, 0.29) is 12.2 Å². The van der Waals surface area contributed by atoms with E-state index in [0.717, 1.165) is 39.4 Å². The number of nitrogens with zero attached hydrogens (tertiary/aromatic N) is 1. The van der Waals surface area contributed by atoms with Crippen LogP contribution in [0.25, 0.3) is 0 Å². The van der Waals surface area contributed by atoms with E-state index >= 15 is 0 Å². The fourth-order valence-electron chi connectivity index (χ4n) is 1.89. The number of rotatable bonds is 2. The molecule has 0 aromatic heterocycles. The summed E-state index contributed by atoms with van der Waals surface area (Å²) in [5.74, 6) is 0. The summed E-state index contributed by atoms with van der Waals surface area (Å²) in [5.41, 5.74) is 5.50. The summed E-state index contributed by atoms with van der Waals surface area (Å²) in [6, 6.07) is 0. The third-order valence-corrected chi connectivity index (χ3v) is 2.36. The Morgan fingerprint density at radius 1 is 1.25 bits per heavy atom. The van der Waals surface area contributed by atoms with Crippen LogP contribution in [0.4, 0.5) is 0 Å². The van der Waals surface area contributed by atoms with Crippen molar-refractivity contribution in [3.05, 3.63) is 0 Å². The van der Waals surface area contributed by atoms with Crippen LogP contribution in [0.2, 0.25) is 0 Å². The van der Waals surface area contributed by atoms with Gasteiger partial charge >= 0.3 is 0 Å². The number of morpholine rings is 1. The zero-order valence-corrected chi connectivity index (χ0v) is 7.24. The van der Waals surface area contributed by atoms with E-state index in [0.29, 0.717) is 0 Å². The smallest absolute Gasteiger partial charge is 0.0940 e. The molecule has 4 heteroatoms. The van der Waals surface area contributed by atoms with E-state index < -0.39 is 0 Å². The molecule has 0 spiro atoms. The van der Waals surface area contributed by atoms with E-state index in [4.69, 9.17) is 15.2 Å². The number of nitrogens with two attached hydrogens (primary N) is 1. The lowest BCUT2D eigenvalue weighted by atomic mass is 10.2. The van der Waals surface area contributed by atoms with Gasteiger partial charge in [0.1, 0.15) is 0 Å². The van der Waals surface area contributed by atoms with Crippen LogP contribution in [0.5, 0.6) is 0 Å². The predicted molar refractivity (Wildman–Crippen MR) is 45.0 cm³/mol. The monoisotopic (exact) mass is 172 g/mol. The van der Waals surface area contributed by atoms with Gasteiger partial charge in [0.25, 0.3) is 0 Å². The first-order chi connectivity index (χ1) is 5.88. The van der Waals surface area contributed by atoms with Crippen molar-refractivity contribution < 1.29 is 9.47 Å². The summed E-state index contributed by atoms with van der Waals surface area (Å²) < 4.78 is 11.1. The van der Waals surface area contributed by atoms with Crippen LogP contribution in [0, 0.1) is 0 Å². The molecule has 0 aromatic rings. The molecule has 2 rings (SSSR count). The largest absolute Gasteiger partial charge is 0.376 e. The molecule has 2 fully saturated rings. The highest BCUT2D eigenvalue weighted by Crippen LogP contribution is 2.15. The molecule has 2 aliphatic rings. The first-order valence-electron chi connectivity index (χ1n) is 4.54. The standard InChI is InChI=1S/C8H16N2O2/c9-1-2-10-3-7-5-11-6-8(4-10)12-7/h7-8H,1-6,9H2. The van der Waals surface area contributed by atoms with Gasteiger partial charge in [-0.3, -0.25) is 4.90 Å². The van der Waals surface area contributed by atoms with Gasteiger partial charge in [0, 0.05) is 26.2 Å². The molecule has 2 heterocycles. The molecular formula is C8H16N2O2. The molecule has 2 unspecified atom stereocenters. The van der Waals surface area contributed by atoms with Crippen LogP contribution >= 0.6 is 0 Å². The molecule has 2 N–H and O–H groups in total. The number of fused-ring (bicyclic) bond motifs is 2. The molecule has 0 aromatic carbocycles. The van der Waals surface area contributed by atoms with E-state index in [1.807, 2.05) is 0 Å². The van der Waals surface area contributed by atoms with Gasteiger partial charge < -0.3 is 15.2 Å². The fourth-order valence-corrected chi connectivity index (χ4v) is 1.89. The topological polar surface area (TPSA) is 47.7 Å². The minimum absolute atomic E-state index is 0.282. The maximum atomic E-state index is 5.69. The molecule has 12 heavy (non-hydrogen) atoms. The Bertz CT molecular complexity index is 142. The van der Waals surface area contributed by atoms with Crippen LogP contribution in [0.15, 0.2) is 0 Å². The van der Waals surface area contributed by atoms with Crippen molar-refractivity contribution >= 4 is 0 Å². The molecule has 0 amide bonds. The number of hydrogen-bond donors (Lipinski definition) is 1. The molecule has 4 nitrogen and oxygen atoms in total. The first kappa shape index (κ1) is 8.44. The van der Waals surface area contributed by atoms with Gasteiger partial charge in [-0.15, -0.1) is 0 Å². The summed E-state index contributed by atoms with van der Waals surface area (Å²) in [5, 5.41) is 0. The van der Waals surface area contributed by atoms with Crippen LogP contribution < -0.4 is 5.73 Å². The van der Waals surface area contributed by atoms with Crippen molar-refractivity contribution in [1.82, 2.24) is 4.90 Å². The predicted octanol–water partition coefficient (Wildman–Crippen LogP) is -0.955. The third-order valence-electron chi connectivity index (χ3n) is 2.36. The SMILES string of the molecule is NCCN1CC2COCC(C1)O2. The molecule has 0 saturated carbocycles. The molecule has 70 valence electrons. The Morgan fingerprint density at radius 3 is 2.50 bits per heavy atom. The zero-order valence-electron chi connectivity index (χ0n) is 7.24. The van der Waals surface area contributed by atoms with Crippen molar-refractivity contribution in [1.29, 1.82) is 0 Å². The Kier molecular flexibility index (Phi) is 2.60. The summed E-state index contributed by atoms with van der Waals surface area (Å²) >= 11 is 0. The first-order valence-corrected chi connectivity index (χ1v) is 4.54. The van der Waals surface area contributed by atoms with Crippen LogP contribution in [-0.4, -0.2) is 56.5 Å². The van der Waals surface area contributed by atoms with E-state index in [1.54, 1.807) is 0 Å². The lowest BCUT2D eigenvalue weighted by Gasteiger charge is -2.41. The molecule has 2 saturated heterocycles. The van der Waals surface area contributed by atoms with Crippen molar-refractivity contribution in [2.24, 2.45) is 5.73 Å². The Labute approximate surface area is 72.6 Å². The third kappa shape index (κ3) is 1.77. The second-order valence-corrected chi connectivity index (χ2v) is 3.47. The average molecular weight is 172 g/mol.